The van der Waals surface area contributed by atoms with Gasteiger partial charge in [-0.3, -0.25) is 4.99 Å². The first-order valence-corrected chi connectivity index (χ1v) is 6.52. The normalized spacial score (nSPS) is 18.2. The van der Waals surface area contributed by atoms with E-state index in [2.05, 4.69) is 15.2 Å². The van der Waals surface area contributed by atoms with E-state index in [1.54, 1.807) is 12.5 Å². The van der Waals surface area contributed by atoms with Crippen molar-refractivity contribution in [3.63, 3.8) is 0 Å². The molecule has 0 bridgehead atoms. The van der Waals surface area contributed by atoms with E-state index < -0.39 is 0 Å². The van der Waals surface area contributed by atoms with Gasteiger partial charge < -0.3 is 14.6 Å². The average Bonchev–Trinajstić information content (AvgIpc) is 3.08. The number of hydrogen-bond donors (Lipinski definition) is 1. The maximum absolute atomic E-state index is 13.0. The van der Waals surface area contributed by atoms with Crippen LogP contribution in [-0.2, 0) is 6.54 Å². The van der Waals surface area contributed by atoms with Crippen molar-refractivity contribution in [1.29, 1.82) is 0 Å². The fourth-order valence-electron chi connectivity index (χ4n) is 2.32. The van der Waals surface area contributed by atoms with E-state index in [1.807, 2.05) is 25.2 Å². The highest BCUT2D eigenvalue weighted by atomic mass is 19.1. The molecule has 20 heavy (non-hydrogen) atoms. The van der Waals surface area contributed by atoms with Crippen LogP contribution < -0.4 is 5.32 Å². The lowest BCUT2D eigenvalue weighted by atomic mass is 10.1. The monoisotopic (exact) mass is 273 g/mol. The van der Waals surface area contributed by atoms with Crippen LogP contribution >= 0.6 is 0 Å². The molecule has 1 aliphatic rings. The Kier molecular flexibility index (Phi) is 3.41. The van der Waals surface area contributed by atoms with Crippen LogP contribution in [-0.4, -0.2) is 24.5 Å². The Morgan fingerprint density at radius 1 is 1.35 bits per heavy atom. The van der Waals surface area contributed by atoms with Crippen molar-refractivity contribution in [3.8, 4) is 0 Å². The number of guanidine groups is 1. The molecule has 1 aromatic heterocycles. The second kappa shape index (κ2) is 5.36. The van der Waals surface area contributed by atoms with Crippen molar-refractivity contribution in [2.24, 2.45) is 4.99 Å². The molecule has 1 aromatic carbocycles. The number of aliphatic imine (C=N–C) groups is 1. The van der Waals surface area contributed by atoms with E-state index in [0.717, 1.165) is 17.1 Å². The zero-order valence-electron chi connectivity index (χ0n) is 11.2. The number of nitrogens with zero attached hydrogens (tertiary/aromatic N) is 2. The lowest BCUT2D eigenvalue weighted by molar-refractivity contribution is 0.405. The highest BCUT2D eigenvalue weighted by Gasteiger charge is 2.25. The summed E-state index contributed by atoms with van der Waals surface area (Å²) < 4.78 is 18.0. The minimum atomic E-state index is -0.214. The summed E-state index contributed by atoms with van der Waals surface area (Å²) >= 11 is 0. The van der Waals surface area contributed by atoms with Gasteiger partial charge in [0.2, 0.25) is 0 Å². The summed E-state index contributed by atoms with van der Waals surface area (Å²) in [6.07, 6.45) is 3.36. The van der Waals surface area contributed by atoms with E-state index in [4.69, 9.17) is 4.42 Å². The Morgan fingerprint density at radius 3 is 2.85 bits per heavy atom. The number of benzene rings is 1. The number of furan rings is 1. The largest absolute Gasteiger partial charge is 0.472 e. The molecule has 3 rings (SSSR count). The van der Waals surface area contributed by atoms with Gasteiger partial charge in [0.05, 0.1) is 25.1 Å². The summed E-state index contributed by atoms with van der Waals surface area (Å²) in [4.78, 5) is 6.58. The molecule has 1 N–H and O–H groups in total. The molecule has 1 aliphatic heterocycles. The summed E-state index contributed by atoms with van der Waals surface area (Å²) in [6.45, 7) is 1.35. The maximum atomic E-state index is 13.0. The van der Waals surface area contributed by atoms with Crippen LogP contribution in [0.1, 0.15) is 17.2 Å². The van der Waals surface area contributed by atoms with Gasteiger partial charge in [0, 0.05) is 19.2 Å². The standard InChI is InChI=1S/C15H16FN3O/c1-19-14(12-2-4-13(16)5-3-12)9-18-15(19)17-8-11-6-7-20-10-11/h2-7,10,14H,8-9H2,1H3,(H,17,18). The minimum Gasteiger partial charge on any atom is -0.472 e. The van der Waals surface area contributed by atoms with Crippen LogP contribution in [0, 0.1) is 5.82 Å². The van der Waals surface area contributed by atoms with Gasteiger partial charge in [0.15, 0.2) is 5.96 Å². The number of rotatable bonds is 3. The van der Waals surface area contributed by atoms with Gasteiger partial charge in [-0.1, -0.05) is 12.1 Å². The first-order chi connectivity index (χ1) is 9.74. The maximum Gasteiger partial charge on any atom is 0.194 e. The summed E-state index contributed by atoms with van der Waals surface area (Å²) in [5.41, 5.74) is 2.14. The quantitative estimate of drug-likeness (QED) is 0.934. The lowest BCUT2D eigenvalue weighted by Gasteiger charge is -2.23. The van der Waals surface area contributed by atoms with Gasteiger partial charge >= 0.3 is 0 Å². The minimum absolute atomic E-state index is 0.155. The van der Waals surface area contributed by atoms with E-state index in [-0.39, 0.29) is 11.9 Å². The smallest absolute Gasteiger partial charge is 0.194 e. The van der Waals surface area contributed by atoms with E-state index in [9.17, 15) is 4.39 Å². The molecule has 2 aromatic rings. The van der Waals surface area contributed by atoms with Crippen molar-refractivity contribution in [3.05, 3.63) is 59.8 Å². The molecule has 0 saturated heterocycles. The first-order valence-electron chi connectivity index (χ1n) is 6.52. The molecule has 0 spiro atoms. The molecule has 5 heteroatoms. The SMILES string of the molecule is CN1C(NCc2ccoc2)=NCC1c1ccc(F)cc1. The van der Waals surface area contributed by atoms with Crippen molar-refractivity contribution in [2.75, 3.05) is 13.6 Å². The Bertz CT molecular complexity index is 592. The fourth-order valence-corrected chi connectivity index (χ4v) is 2.32. The zero-order valence-corrected chi connectivity index (χ0v) is 11.2. The fraction of sp³-hybridized carbons (Fsp3) is 0.267. The second-order valence-electron chi connectivity index (χ2n) is 4.83. The topological polar surface area (TPSA) is 40.8 Å². The van der Waals surface area contributed by atoms with Gasteiger partial charge in [-0.2, -0.15) is 0 Å². The van der Waals surface area contributed by atoms with Crippen LogP contribution in [0.15, 0.2) is 52.3 Å². The molecule has 1 unspecified atom stereocenters. The van der Waals surface area contributed by atoms with E-state index in [0.29, 0.717) is 13.1 Å². The Morgan fingerprint density at radius 2 is 2.15 bits per heavy atom. The second-order valence-corrected chi connectivity index (χ2v) is 4.83. The molecular formula is C15H16FN3O. The molecule has 0 aliphatic carbocycles. The van der Waals surface area contributed by atoms with Gasteiger partial charge in [0.1, 0.15) is 5.82 Å². The van der Waals surface area contributed by atoms with Crippen LogP contribution in [0.25, 0.3) is 0 Å². The number of hydrogen-bond acceptors (Lipinski definition) is 4. The van der Waals surface area contributed by atoms with Gasteiger partial charge in [-0.15, -0.1) is 0 Å². The molecule has 0 fully saturated rings. The average molecular weight is 273 g/mol. The third-order valence-corrected chi connectivity index (χ3v) is 3.50. The predicted molar refractivity (Wildman–Crippen MR) is 74.8 cm³/mol. The summed E-state index contributed by atoms with van der Waals surface area (Å²) in [5, 5.41) is 3.29. The third-order valence-electron chi connectivity index (χ3n) is 3.50. The van der Waals surface area contributed by atoms with Crippen LogP contribution in [0.4, 0.5) is 4.39 Å². The lowest BCUT2D eigenvalue weighted by Crippen LogP contribution is -2.36. The molecular weight excluding hydrogens is 257 g/mol. The highest BCUT2D eigenvalue weighted by Crippen LogP contribution is 2.24. The van der Waals surface area contributed by atoms with Gasteiger partial charge in [0.25, 0.3) is 0 Å². The summed E-state index contributed by atoms with van der Waals surface area (Å²) in [5.74, 6) is 0.633. The van der Waals surface area contributed by atoms with Gasteiger partial charge in [-0.25, -0.2) is 4.39 Å². The molecule has 0 amide bonds. The van der Waals surface area contributed by atoms with Gasteiger partial charge in [-0.05, 0) is 23.8 Å². The Labute approximate surface area is 116 Å². The molecule has 2 heterocycles. The van der Waals surface area contributed by atoms with Crippen molar-refractivity contribution in [2.45, 2.75) is 12.6 Å². The number of likely N-dealkylation sites (N-methyl/N-ethyl adjacent to an activating group) is 1. The molecule has 104 valence electrons. The summed E-state index contributed by atoms with van der Waals surface area (Å²) in [6, 6.07) is 8.67. The molecule has 0 radical (unpaired) electrons. The Balaban J connectivity index is 1.63. The van der Waals surface area contributed by atoms with Crippen LogP contribution in [0.3, 0.4) is 0 Å². The molecule has 4 nitrogen and oxygen atoms in total. The molecule has 1 atom stereocenters. The summed E-state index contributed by atoms with van der Waals surface area (Å²) in [7, 11) is 1.99. The van der Waals surface area contributed by atoms with E-state index in [1.165, 1.54) is 12.1 Å². The van der Waals surface area contributed by atoms with Crippen molar-refractivity contribution >= 4 is 5.96 Å². The van der Waals surface area contributed by atoms with Crippen molar-refractivity contribution < 1.29 is 8.81 Å². The highest BCUT2D eigenvalue weighted by molar-refractivity contribution is 5.81. The number of nitrogens with one attached hydrogen (secondary N) is 1. The third kappa shape index (κ3) is 2.52. The van der Waals surface area contributed by atoms with Crippen LogP contribution in [0.5, 0.6) is 0 Å². The number of halogens is 1. The predicted octanol–water partition coefficient (Wildman–Crippen LogP) is 2.55. The first kappa shape index (κ1) is 12.7. The van der Waals surface area contributed by atoms with Crippen LogP contribution in [0.2, 0.25) is 0 Å². The zero-order chi connectivity index (χ0) is 13.9. The Hall–Kier alpha value is -2.30. The molecule has 0 saturated carbocycles. The van der Waals surface area contributed by atoms with E-state index >= 15 is 0 Å². The van der Waals surface area contributed by atoms with Crippen molar-refractivity contribution in [1.82, 2.24) is 10.2 Å².